The fraction of sp³-hybridized carbons (Fsp3) is 0.0244. The first kappa shape index (κ1) is 46.2. The van der Waals surface area contributed by atoms with Gasteiger partial charge in [-0.15, -0.1) is 0 Å². The number of nitrogens with zero attached hydrogens (tertiary/aromatic N) is 1. The zero-order valence-corrected chi connectivity index (χ0v) is 45.4. The Labute approximate surface area is 483 Å². The van der Waals surface area contributed by atoms with Gasteiger partial charge in [0.1, 0.15) is 0 Å². The number of fused-ring (bicyclic) bond motifs is 22. The predicted octanol–water partition coefficient (Wildman–Crippen LogP) is 21.2. The summed E-state index contributed by atoms with van der Waals surface area (Å²) < 4.78 is 0. The molecular weight excluding hydrogens is 999 g/mol. The third-order valence-corrected chi connectivity index (χ3v) is 19.1. The summed E-state index contributed by atoms with van der Waals surface area (Å²) in [5.41, 5.74) is 30.9. The Morgan fingerprint density at radius 3 is 0.867 bits per heavy atom. The molecule has 4 aliphatic rings. The molecule has 83 heavy (non-hydrogen) atoms. The quantitative estimate of drug-likeness (QED) is 0.150. The molecule has 0 saturated heterocycles. The Morgan fingerprint density at radius 2 is 0.470 bits per heavy atom. The lowest BCUT2D eigenvalue weighted by molar-refractivity contribution is 0.794. The highest BCUT2D eigenvalue weighted by Gasteiger charge is 2.53. The van der Waals surface area contributed by atoms with Crippen LogP contribution in [0.2, 0.25) is 0 Å². The first-order valence-electron chi connectivity index (χ1n) is 29.1. The van der Waals surface area contributed by atoms with Crippen molar-refractivity contribution in [1.29, 1.82) is 0 Å². The van der Waals surface area contributed by atoms with Crippen LogP contribution < -0.4 is 4.90 Å². The maximum atomic E-state index is 2.57. The highest BCUT2D eigenvalue weighted by Crippen LogP contribution is 2.65. The van der Waals surface area contributed by atoms with Crippen molar-refractivity contribution in [2.24, 2.45) is 0 Å². The first-order valence-corrected chi connectivity index (χ1v) is 29.1. The van der Waals surface area contributed by atoms with Crippen LogP contribution in [0.15, 0.2) is 309 Å². The molecule has 1 nitrogen and oxygen atoms in total. The second-order valence-electron chi connectivity index (χ2n) is 22.9. The Morgan fingerprint density at radius 1 is 0.181 bits per heavy atom. The van der Waals surface area contributed by atoms with E-state index in [1.54, 1.807) is 0 Å². The molecule has 0 fully saturated rings. The van der Waals surface area contributed by atoms with E-state index in [-0.39, 0.29) is 0 Å². The molecule has 0 bridgehead atoms. The Hall–Kier alpha value is -10.6. The van der Waals surface area contributed by atoms with Crippen molar-refractivity contribution in [1.82, 2.24) is 0 Å². The molecular formula is C82H51N. The van der Waals surface area contributed by atoms with E-state index in [2.05, 4.69) is 314 Å². The van der Waals surface area contributed by atoms with Gasteiger partial charge in [-0.25, -0.2) is 0 Å². The van der Waals surface area contributed by atoms with Crippen molar-refractivity contribution in [2.75, 3.05) is 4.90 Å². The first-order chi connectivity index (χ1) is 41.2. The van der Waals surface area contributed by atoms with Gasteiger partial charge in [-0.05, 0) is 199 Å². The van der Waals surface area contributed by atoms with E-state index >= 15 is 0 Å². The van der Waals surface area contributed by atoms with Gasteiger partial charge in [0.25, 0.3) is 0 Å². The molecule has 0 unspecified atom stereocenters. The number of hydrogen-bond donors (Lipinski definition) is 0. The zero-order chi connectivity index (χ0) is 54.4. The van der Waals surface area contributed by atoms with Crippen LogP contribution in [0.5, 0.6) is 0 Å². The van der Waals surface area contributed by atoms with Crippen molar-refractivity contribution in [2.45, 2.75) is 10.8 Å². The molecule has 2 spiro atoms. The Bertz CT molecular complexity index is 4860. The Balaban J connectivity index is 0.895. The molecule has 0 aliphatic heterocycles. The van der Waals surface area contributed by atoms with Gasteiger partial charge in [0.15, 0.2) is 0 Å². The summed E-state index contributed by atoms with van der Waals surface area (Å²) in [5, 5.41) is 4.92. The van der Waals surface area contributed by atoms with Crippen LogP contribution in [-0.4, -0.2) is 0 Å². The lowest BCUT2D eigenvalue weighted by atomic mass is 9.70. The van der Waals surface area contributed by atoms with E-state index in [1.807, 2.05) is 0 Å². The fourth-order valence-corrected chi connectivity index (χ4v) is 15.9. The fourth-order valence-electron chi connectivity index (χ4n) is 15.9. The number of benzene rings is 14. The molecule has 4 aliphatic carbocycles. The van der Waals surface area contributed by atoms with Crippen LogP contribution in [0, 0.1) is 0 Å². The van der Waals surface area contributed by atoms with Gasteiger partial charge in [0.2, 0.25) is 0 Å². The Kier molecular flexibility index (Phi) is 9.71. The summed E-state index contributed by atoms with van der Waals surface area (Å²) in [6, 6.07) is 117. The van der Waals surface area contributed by atoms with Crippen LogP contribution in [0.25, 0.3) is 99.4 Å². The van der Waals surface area contributed by atoms with Crippen LogP contribution >= 0.6 is 0 Å². The van der Waals surface area contributed by atoms with Crippen molar-refractivity contribution < 1.29 is 0 Å². The number of anilines is 3. The molecule has 0 atom stereocenters. The zero-order valence-electron chi connectivity index (χ0n) is 45.4. The molecule has 0 heterocycles. The largest absolute Gasteiger partial charge is 0.311 e. The average Bonchev–Trinajstić information content (AvgIpc) is 4.39. The summed E-state index contributed by atoms with van der Waals surface area (Å²) >= 11 is 0. The summed E-state index contributed by atoms with van der Waals surface area (Å²) in [4.78, 5) is 2.34. The van der Waals surface area contributed by atoms with Gasteiger partial charge in [0, 0.05) is 17.1 Å². The highest BCUT2D eigenvalue weighted by atomic mass is 15.1. The van der Waals surface area contributed by atoms with Crippen molar-refractivity contribution in [3.05, 3.63) is 354 Å². The van der Waals surface area contributed by atoms with Crippen molar-refractivity contribution in [3.8, 4) is 77.9 Å². The molecule has 0 saturated carbocycles. The van der Waals surface area contributed by atoms with Crippen LogP contribution in [-0.2, 0) is 10.8 Å². The molecule has 0 aromatic heterocycles. The van der Waals surface area contributed by atoms with Gasteiger partial charge in [-0.3, -0.25) is 0 Å². The van der Waals surface area contributed by atoms with Crippen molar-refractivity contribution in [3.63, 3.8) is 0 Å². The smallest absolute Gasteiger partial charge is 0.0725 e. The molecule has 0 N–H and O–H groups in total. The summed E-state index contributed by atoms with van der Waals surface area (Å²) in [7, 11) is 0. The molecule has 0 amide bonds. The van der Waals surface area contributed by atoms with E-state index in [0.29, 0.717) is 0 Å². The predicted molar refractivity (Wildman–Crippen MR) is 345 cm³/mol. The van der Waals surface area contributed by atoms with Gasteiger partial charge in [-0.1, -0.05) is 255 Å². The van der Waals surface area contributed by atoms with Crippen molar-refractivity contribution >= 4 is 38.6 Å². The monoisotopic (exact) mass is 1050 g/mol. The molecule has 14 aromatic rings. The van der Waals surface area contributed by atoms with Gasteiger partial charge in [0.05, 0.1) is 10.8 Å². The number of rotatable bonds is 6. The van der Waals surface area contributed by atoms with E-state index < -0.39 is 10.8 Å². The second-order valence-corrected chi connectivity index (χ2v) is 22.9. The summed E-state index contributed by atoms with van der Waals surface area (Å²) in [5.74, 6) is 0. The summed E-state index contributed by atoms with van der Waals surface area (Å²) in [6.07, 6.45) is 0. The molecule has 1 heteroatoms. The number of para-hydroxylation sites is 2. The molecule has 18 rings (SSSR count). The molecule has 14 aromatic carbocycles. The minimum Gasteiger partial charge on any atom is -0.311 e. The van der Waals surface area contributed by atoms with E-state index in [4.69, 9.17) is 0 Å². The SMILES string of the molecule is c1ccc(N(c2ccccc2)c2ccc(-c3ccc4c(-c5ccc6c(c5)C5(c7ccccc7-c7ccccc75)c5ccccc5-6)c5ccccc5c(-c5ccc6c(c5)C5(c7ccccc7-c7ccccc75)c5ccccc5-6)c4c3)cc2)cc1. The topological polar surface area (TPSA) is 3.24 Å². The van der Waals surface area contributed by atoms with Gasteiger partial charge < -0.3 is 4.90 Å². The molecule has 0 radical (unpaired) electrons. The normalized spacial score (nSPS) is 13.7. The van der Waals surface area contributed by atoms with Gasteiger partial charge in [-0.2, -0.15) is 0 Å². The maximum absolute atomic E-state index is 2.57. The number of hydrogen-bond acceptors (Lipinski definition) is 1. The van der Waals surface area contributed by atoms with Crippen LogP contribution in [0.3, 0.4) is 0 Å². The van der Waals surface area contributed by atoms with E-state index in [0.717, 1.165) is 22.6 Å². The third kappa shape index (κ3) is 6.21. The standard InChI is InChI=1S/C82H51N/c1-3-21-56(22-4-1)83(57-23-5-2-6-24-57)58-44-39-52(40-45-58)53-41-48-69-70(49-53)80(55-43-47-66-64-30-14-20-38-76(64)82(78(66)51-55)73-35-17-11-27-61(73)62-28-12-18-36-74(62)82)68-32-8-7-31-67(68)79(69)54-42-46-65-63-29-13-19-37-75(63)81(77(65)50-54)71-33-15-9-25-59(71)60-26-10-16-34-72(60)81/h1-51H. The maximum Gasteiger partial charge on any atom is 0.0725 e. The minimum atomic E-state index is -0.476. The average molecular weight is 1050 g/mol. The highest BCUT2D eigenvalue weighted by molar-refractivity contribution is 6.22. The minimum absolute atomic E-state index is 0.466. The molecule has 384 valence electrons. The lowest BCUT2D eigenvalue weighted by Gasteiger charge is -2.31. The third-order valence-electron chi connectivity index (χ3n) is 19.1. The van der Waals surface area contributed by atoms with Crippen LogP contribution in [0.4, 0.5) is 17.1 Å². The van der Waals surface area contributed by atoms with E-state index in [9.17, 15) is 0 Å². The van der Waals surface area contributed by atoms with E-state index in [1.165, 1.54) is 138 Å². The van der Waals surface area contributed by atoms with Gasteiger partial charge >= 0.3 is 0 Å². The summed E-state index contributed by atoms with van der Waals surface area (Å²) in [6.45, 7) is 0. The van der Waals surface area contributed by atoms with Crippen LogP contribution in [0.1, 0.15) is 44.5 Å². The lowest BCUT2D eigenvalue weighted by Crippen LogP contribution is -2.25. The second kappa shape index (κ2) is 17.5.